The number of hydrazone groups is 1. The Morgan fingerprint density at radius 1 is 1.36 bits per heavy atom. The van der Waals surface area contributed by atoms with Gasteiger partial charge in [0.2, 0.25) is 0 Å². The highest BCUT2D eigenvalue weighted by Gasteiger charge is 2.20. The SMILES string of the molecule is CN(C)CCN1CCN(C(=S)N/N=C2/CCNc3cccnc32)CC1. The van der Waals surface area contributed by atoms with Crippen molar-refractivity contribution in [1.29, 1.82) is 0 Å². The van der Waals surface area contributed by atoms with Gasteiger partial charge in [-0.15, -0.1) is 0 Å². The Bertz CT molecular complexity index is 623. The summed E-state index contributed by atoms with van der Waals surface area (Å²) in [6, 6.07) is 3.96. The summed E-state index contributed by atoms with van der Waals surface area (Å²) in [6.45, 7) is 7.05. The first-order chi connectivity index (χ1) is 12.1. The fourth-order valence-corrected chi connectivity index (χ4v) is 3.25. The Kier molecular flexibility index (Phi) is 6.17. The average molecular weight is 362 g/mol. The number of pyridine rings is 1. The number of thiocarbonyl (C=S) groups is 1. The first-order valence-corrected chi connectivity index (χ1v) is 9.22. The van der Waals surface area contributed by atoms with Crippen molar-refractivity contribution < 1.29 is 0 Å². The summed E-state index contributed by atoms with van der Waals surface area (Å²) in [5.41, 5.74) is 5.99. The van der Waals surface area contributed by atoms with Crippen LogP contribution in [0, 0.1) is 0 Å². The Labute approximate surface area is 155 Å². The molecule has 136 valence electrons. The molecule has 1 fully saturated rings. The number of aromatic nitrogens is 1. The molecule has 0 amide bonds. The topological polar surface area (TPSA) is 59.0 Å². The van der Waals surface area contributed by atoms with Gasteiger partial charge in [-0.05, 0) is 38.4 Å². The van der Waals surface area contributed by atoms with Crippen LogP contribution in [0.2, 0.25) is 0 Å². The molecule has 7 nitrogen and oxygen atoms in total. The molecule has 0 atom stereocenters. The molecule has 8 heteroatoms. The van der Waals surface area contributed by atoms with Gasteiger partial charge in [0.05, 0.1) is 11.4 Å². The first kappa shape index (κ1) is 18.0. The zero-order valence-electron chi connectivity index (χ0n) is 15.0. The van der Waals surface area contributed by atoms with Gasteiger partial charge in [-0.1, -0.05) is 0 Å². The lowest BCUT2D eigenvalue weighted by Crippen LogP contribution is -2.52. The summed E-state index contributed by atoms with van der Waals surface area (Å²) in [6.07, 6.45) is 2.64. The summed E-state index contributed by atoms with van der Waals surface area (Å²) in [5, 5.41) is 8.59. The maximum Gasteiger partial charge on any atom is 0.189 e. The summed E-state index contributed by atoms with van der Waals surface area (Å²) >= 11 is 5.53. The molecule has 0 saturated carbocycles. The molecule has 1 aromatic rings. The largest absolute Gasteiger partial charge is 0.383 e. The van der Waals surface area contributed by atoms with Crippen LogP contribution in [0.25, 0.3) is 0 Å². The van der Waals surface area contributed by atoms with E-state index in [1.54, 1.807) is 6.20 Å². The van der Waals surface area contributed by atoms with E-state index in [9.17, 15) is 0 Å². The fourth-order valence-electron chi connectivity index (χ4n) is 3.02. The first-order valence-electron chi connectivity index (χ1n) is 8.81. The van der Waals surface area contributed by atoms with Crippen LogP contribution in [0.1, 0.15) is 12.1 Å². The summed E-state index contributed by atoms with van der Waals surface area (Å²) in [4.78, 5) is 11.3. The van der Waals surface area contributed by atoms with Gasteiger partial charge in [-0.3, -0.25) is 15.3 Å². The van der Waals surface area contributed by atoms with Crippen molar-refractivity contribution in [3.8, 4) is 0 Å². The molecule has 1 aromatic heterocycles. The molecule has 0 bridgehead atoms. The van der Waals surface area contributed by atoms with E-state index in [4.69, 9.17) is 12.2 Å². The normalized spacial score (nSPS) is 19.6. The molecule has 0 aromatic carbocycles. The molecular weight excluding hydrogens is 334 g/mol. The van der Waals surface area contributed by atoms with Crippen molar-refractivity contribution in [2.45, 2.75) is 6.42 Å². The minimum Gasteiger partial charge on any atom is -0.383 e. The molecule has 2 aliphatic rings. The van der Waals surface area contributed by atoms with Crippen molar-refractivity contribution in [1.82, 2.24) is 25.1 Å². The van der Waals surface area contributed by atoms with Crippen molar-refractivity contribution >= 4 is 28.7 Å². The van der Waals surface area contributed by atoms with Crippen LogP contribution in [-0.4, -0.2) is 90.4 Å². The van der Waals surface area contributed by atoms with E-state index in [1.807, 2.05) is 12.1 Å². The quantitative estimate of drug-likeness (QED) is 0.603. The molecule has 0 aliphatic carbocycles. The third-order valence-corrected chi connectivity index (χ3v) is 4.92. The molecule has 3 rings (SSSR count). The molecule has 0 unspecified atom stereocenters. The van der Waals surface area contributed by atoms with E-state index in [0.717, 1.165) is 69.3 Å². The van der Waals surface area contributed by atoms with Crippen LogP contribution in [0.4, 0.5) is 5.69 Å². The number of hydrogen-bond donors (Lipinski definition) is 2. The number of likely N-dealkylation sites (N-methyl/N-ethyl adjacent to an activating group) is 1. The summed E-state index contributed by atoms with van der Waals surface area (Å²) < 4.78 is 0. The Morgan fingerprint density at radius 3 is 2.92 bits per heavy atom. The van der Waals surface area contributed by atoms with E-state index in [1.165, 1.54) is 0 Å². The molecule has 1 saturated heterocycles. The molecule has 0 radical (unpaired) electrons. The molecule has 2 aliphatic heterocycles. The van der Waals surface area contributed by atoms with E-state index in [2.05, 4.69) is 49.6 Å². The lowest BCUT2D eigenvalue weighted by Gasteiger charge is -2.36. The molecule has 25 heavy (non-hydrogen) atoms. The van der Waals surface area contributed by atoms with Crippen LogP contribution >= 0.6 is 12.2 Å². The second-order valence-electron chi connectivity index (χ2n) is 6.68. The van der Waals surface area contributed by atoms with Crippen LogP contribution in [0.3, 0.4) is 0 Å². The van der Waals surface area contributed by atoms with Gasteiger partial charge in [0.25, 0.3) is 0 Å². The number of nitrogens with one attached hydrogen (secondary N) is 2. The van der Waals surface area contributed by atoms with Crippen LogP contribution in [-0.2, 0) is 0 Å². The van der Waals surface area contributed by atoms with E-state index in [0.29, 0.717) is 5.11 Å². The Balaban J connectivity index is 1.51. The van der Waals surface area contributed by atoms with E-state index >= 15 is 0 Å². The highest BCUT2D eigenvalue weighted by atomic mass is 32.1. The van der Waals surface area contributed by atoms with Crippen molar-refractivity contribution in [2.24, 2.45) is 5.10 Å². The minimum absolute atomic E-state index is 0.704. The maximum atomic E-state index is 5.53. The lowest BCUT2D eigenvalue weighted by molar-refractivity contribution is 0.168. The van der Waals surface area contributed by atoms with Gasteiger partial charge < -0.3 is 15.1 Å². The number of anilines is 1. The Hall–Kier alpha value is -1.77. The number of nitrogens with zero attached hydrogens (tertiary/aromatic N) is 5. The third kappa shape index (κ3) is 4.87. The predicted molar refractivity (Wildman–Crippen MR) is 106 cm³/mol. The zero-order valence-corrected chi connectivity index (χ0v) is 15.8. The standard InChI is InChI=1S/C17H27N7S/c1-22(2)8-9-23-10-12-24(13-11-23)17(25)21-20-15-5-7-18-14-4-3-6-19-16(14)15/h3-4,6,18H,5,7-13H2,1-2H3,(H,21,25)/b20-15-. The van der Waals surface area contributed by atoms with Gasteiger partial charge >= 0.3 is 0 Å². The highest BCUT2D eigenvalue weighted by Crippen LogP contribution is 2.18. The maximum absolute atomic E-state index is 5.53. The van der Waals surface area contributed by atoms with Gasteiger partial charge in [-0.2, -0.15) is 5.10 Å². The summed E-state index contributed by atoms with van der Waals surface area (Å²) in [7, 11) is 4.23. The summed E-state index contributed by atoms with van der Waals surface area (Å²) in [5.74, 6) is 0. The molecule has 3 heterocycles. The van der Waals surface area contributed by atoms with E-state index in [-0.39, 0.29) is 0 Å². The van der Waals surface area contributed by atoms with E-state index < -0.39 is 0 Å². The lowest BCUT2D eigenvalue weighted by atomic mass is 10.1. The van der Waals surface area contributed by atoms with Gasteiger partial charge in [-0.25, -0.2) is 0 Å². The number of rotatable bonds is 4. The van der Waals surface area contributed by atoms with Crippen molar-refractivity contribution in [3.63, 3.8) is 0 Å². The third-order valence-electron chi connectivity index (χ3n) is 4.57. The molecular formula is C17H27N7S. The number of fused-ring (bicyclic) bond motifs is 1. The van der Waals surface area contributed by atoms with Gasteiger partial charge in [0.15, 0.2) is 5.11 Å². The van der Waals surface area contributed by atoms with Crippen molar-refractivity contribution in [2.75, 3.05) is 65.2 Å². The second kappa shape index (κ2) is 8.55. The number of hydrogen-bond acceptors (Lipinski definition) is 6. The second-order valence-corrected chi connectivity index (χ2v) is 7.07. The predicted octanol–water partition coefficient (Wildman–Crippen LogP) is 0.655. The Morgan fingerprint density at radius 2 is 2.16 bits per heavy atom. The van der Waals surface area contributed by atoms with Gasteiger partial charge in [0, 0.05) is 58.4 Å². The smallest absolute Gasteiger partial charge is 0.189 e. The minimum atomic E-state index is 0.704. The van der Waals surface area contributed by atoms with Crippen LogP contribution < -0.4 is 10.7 Å². The number of piperazine rings is 1. The zero-order chi connectivity index (χ0) is 17.6. The fraction of sp³-hybridized carbons (Fsp3) is 0.588. The van der Waals surface area contributed by atoms with Crippen molar-refractivity contribution in [3.05, 3.63) is 24.0 Å². The molecule has 2 N–H and O–H groups in total. The average Bonchev–Trinajstić information content (AvgIpc) is 2.64. The molecule has 0 spiro atoms. The van der Waals surface area contributed by atoms with Crippen LogP contribution in [0.5, 0.6) is 0 Å². The highest BCUT2D eigenvalue weighted by molar-refractivity contribution is 7.80. The van der Waals surface area contributed by atoms with Crippen LogP contribution in [0.15, 0.2) is 23.4 Å². The van der Waals surface area contributed by atoms with Gasteiger partial charge in [0.1, 0.15) is 5.69 Å². The monoisotopic (exact) mass is 361 g/mol.